The third kappa shape index (κ3) is 2.46. The van der Waals surface area contributed by atoms with E-state index in [1.807, 2.05) is 11.8 Å². The van der Waals surface area contributed by atoms with Crippen LogP contribution in [-0.2, 0) is 0 Å². The molecule has 0 bridgehead atoms. The summed E-state index contributed by atoms with van der Waals surface area (Å²) in [5.74, 6) is 3.68. The zero-order chi connectivity index (χ0) is 12.4. The summed E-state index contributed by atoms with van der Waals surface area (Å²) in [7, 11) is 0. The molecule has 1 nitrogen and oxygen atoms in total. The minimum absolute atomic E-state index is 0.750. The Bertz CT molecular complexity index is 398. The molecule has 1 saturated carbocycles. The number of thioether (sulfide) groups is 1. The molecular weight excluding hydrogens is 238 g/mol. The number of nitrogens with two attached hydrogens (primary N) is 1. The number of hydrogen-bond donors (Lipinski definition) is 1. The van der Waals surface area contributed by atoms with Crippen molar-refractivity contribution in [3.63, 3.8) is 0 Å². The predicted molar refractivity (Wildman–Crippen MR) is 79.0 cm³/mol. The van der Waals surface area contributed by atoms with Crippen LogP contribution in [0.4, 0.5) is 0 Å². The van der Waals surface area contributed by atoms with Crippen molar-refractivity contribution in [2.75, 3.05) is 12.3 Å². The Hall–Kier alpha value is -0.470. The standard InChI is InChI=1S/C16H23NS/c17-10-13(12-5-1-2-6-12)9-14-11-18-16-8-4-3-7-15(14)16/h3-4,7-8,12-14H,1-2,5-6,9-11,17H2. The second kappa shape index (κ2) is 5.66. The summed E-state index contributed by atoms with van der Waals surface area (Å²) < 4.78 is 0. The second-order valence-corrected chi connectivity index (χ2v) is 6.88. The fourth-order valence-corrected chi connectivity index (χ4v) is 4.97. The molecule has 0 amide bonds. The zero-order valence-corrected chi connectivity index (χ0v) is 11.8. The van der Waals surface area contributed by atoms with Crippen LogP contribution in [0.15, 0.2) is 29.2 Å². The molecule has 3 rings (SSSR count). The number of rotatable bonds is 4. The van der Waals surface area contributed by atoms with E-state index < -0.39 is 0 Å². The van der Waals surface area contributed by atoms with E-state index in [2.05, 4.69) is 24.3 Å². The molecular formula is C16H23NS. The lowest BCUT2D eigenvalue weighted by Gasteiger charge is -2.25. The molecule has 2 N–H and O–H groups in total. The zero-order valence-electron chi connectivity index (χ0n) is 11.0. The maximum atomic E-state index is 6.04. The molecule has 2 aliphatic rings. The van der Waals surface area contributed by atoms with Crippen molar-refractivity contribution in [1.29, 1.82) is 0 Å². The lowest BCUT2D eigenvalue weighted by atomic mass is 9.82. The second-order valence-electron chi connectivity index (χ2n) is 5.82. The largest absolute Gasteiger partial charge is 0.330 e. The SMILES string of the molecule is NCC(CC1CSc2ccccc21)C1CCCC1. The average molecular weight is 261 g/mol. The monoisotopic (exact) mass is 261 g/mol. The van der Waals surface area contributed by atoms with Gasteiger partial charge < -0.3 is 5.73 Å². The van der Waals surface area contributed by atoms with Crippen LogP contribution in [0.3, 0.4) is 0 Å². The summed E-state index contributed by atoms with van der Waals surface area (Å²) in [4.78, 5) is 1.50. The highest BCUT2D eigenvalue weighted by Crippen LogP contribution is 2.44. The molecule has 2 unspecified atom stereocenters. The van der Waals surface area contributed by atoms with Crippen LogP contribution in [0.5, 0.6) is 0 Å². The maximum absolute atomic E-state index is 6.04. The van der Waals surface area contributed by atoms with E-state index in [-0.39, 0.29) is 0 Å². The maximum Gasteiger partial charge on any atom is 0.0107 e. The Balaban J connectivity index is 1.69. The van der Waals surface area contributed by atoms with Crippen LogP contribution < -0.4 is 5.73 Å². The Kier molecular flexibility index (Phi) is 3.95. The van der Waals surface area contributed by atoms with Gasteiger partial charge in [0.05, 0.1) is 0 Å². The molecule has 0 saturated heterocycles. The summed E-state index contributed by atoms with van der Waals surface area (Å²) in [5.41, 5.74) is 7.63. The van der Waals surface area contributed by atoms with Gasteiger partial charge in [-0.3, -0.25) is 0 Å². The molecule has 0 aromatic heterocycles. The molecule has 1 aliphatic heterocycles. The summed E-state index contributed by atoms with van der Waals surface area (Å²) in [6, 6.07) is 8.94. The van der Waals surface area contributed by atoms with Crippen LogP contribution in [0.1, 0.15) is 43.6 Å². The van der Waals surface area contributed by atoms with E-state index in [0.717, 1.165) is 24.3 Å². The van der Waals surface area contributed by atoms with Gasteiger partial charge in [-0.2, -0.15) is 0 Å². The van der Waals surface area contributed by atoms with Crippen LogP contribution in [0, 0.1) is 11.8 Å². The van der Waals surface area contributed by atoms with Crippen LogP contribution >= 0.6 is 11.8 Å². The number of hydrogen-bond acceptors (Lipinski definition) is 2. The van der Waals surface area contributed by atoms with Gasteiger partial charge >= 0.3 is 0 Å². The van der Waals surface area contributed by atoms with Gasteiger partial charge in [-0.1, -0.05) is 43.9 Å². The van der Waals surface area contributed by atoms with Gasteiger partial charge in [-0.15, -0.1) is 11.8 Å². The van der Waals surface area contributed by atoms with E-state index >= 15 is 0 Å². The first-order chi connectivity index (χ1) is 8.88. The van der Waals surface area contributed by atoms with Gasteiger partial charge in [0.1, 0.15) is 0 Å². The number of benzene rings is 1. The summed E-state index contributed by atoms with van der Waals surface area (Å²) in [6.07, 6.45) is 7.01. The van der Waals surface area contributed by atoms with E-state index in [4.69, 9.17) is 5.73 Å². The fourth-order valence-electron chi connectivity index (χ4n) is 3.70. The molecule has 1 aliphatic carbocycles. The third-order valence-corrected chi connectivity index (χ3v) is 6.01. The first kappa shape index (κ1) is 12.6. The molecule has 0 spiro atoms. The normalized spacial score (nSPS) is 25.3. The van der Waals surface area contributed by atoms with Crippen LogP contribution in [0.2, 0.25) is 0 Å². The van der Waals surface area contributed by atoms with Gasteiger partial charge in [-0.25, -0.2) is 0 Å². The summed E-state index contributed by atoms with van der Waals surface area (Å²) in [6.45, 7) is 0.883. The van der Waals surface area contributed by atoms with Crippen molar-refractivity contribution in [3.8, 4) is 0 Å². The van der Waals surface area contributed by atoms with Crippen molar-refractivity contribution >= 4 is 11.8 Å². The van der Waals surface area contributed by atoms with E-state index in [9.17, 15) is 0 Å². The Labute approximate surface area is 115 Å². The van der Waals surface area contributed by atoms with Crippen molar-refractivity contribution in [3.05, 3.63) is 29.8 Å². The molecule has 1 aromatic rings. The quantitative estimate of drug-likeness (QED) is 0.885. The van der Waals surface area contributed by atoms with Gasteiger partial charge in [0, 0.05) is 10.6 Å². The first-order valence-corrected chi connectivity index (χ1v) is 8.29. The van der Waals surface area contributed by atoms with Crippen LogP contribution in [0.25, 0.3) is 0 Å². The fraction of sp³-hybridized carbons (Fsp3) is 0.625. The predicted octanol–water partition coefficient (Wildman–Crippen LogP) is 4.03. The van der Waals surface area contributed by atoms with Crippen molar-refractivity contribution in [2.45, 2.75) is 42.9 Å². The molecule has 1 aromatic carbocycles. The summed E-state index contributed by atoms with van der Waals surface area (Å²) >= 11 is 2.03. The highest BCUT2D eigenvalue weighted by atomic mass is 32.2. The van der Waals surface area contributed by atoms with Crippen molar-refractivity contribution in [2.24, 2.45) is 17.6 Å². The summed E-state index contributed by atoms with van der Waals surface area (Å²) in [5, 5.41) is 0. The Morgan fingerprint density at radius 1 is 1.22 bits per heavy atom. The lowest BCUT2D eigenvalue weighted by Crippen LogP contribution is -2.24. The van der Waals surface area contributed by atoms with E-state index in [1.54, 1.807) is 5.56 Å². The molecule has 2 atom stereocenters. The van der Waals surface area contributed by atoms with Crippen molar-refractivity contribution < 1.29 is 0 Å². The van der Waals surface area contributed by atoms with Gasteiger partial charge in [-0.05, 0) is 42.3 Å². The van der Waals surface area contributed by atoms with Gasteiger partial charge in [0.2, 0.25) is 0 Å². The highest BCUT2D eigenvalue weighted by Gasteiger charge is 2.30. The minimum atomic E-state index is 0.750. The third-order valence-electron chi connectivity index (χ3n) is 4.76. The minimum Gasteiger partial charge on any atom is -0.330 e. The van der Waals surface area contributed by atoms with E-state index in [1.165, 1.54) is 42.8 Å². The highest BCUT2D eigenvalue weighted by molar-refractivity contribution is 7.99. The smallest absolute Gasteiger partial charge is 0.0107 e. The lowest BCUT2D eigenvalue weighted by molar-refractivity contribution is 0.311. The first-order valence-electron chi connectivity index (χ1n) is 7.30. The molecule has 0 radical (unpaired) electrons. The molecule has 18 heavy (non-hydrogen) atoms. The molecule has 1 heterocycles. The topological polar surface area (TPSA) is 26.0 Å². The van der Waals surface area contributed by atoms with Crippen LogP contribution in [-0.4, -0.2) is 12.3 Å². The van der Waals surface area contributed by atoms with Gasteiger partial charge in [0.25, 0.3) is 0 Å². The molecule has 2 heteroatoms. The van der Waals surface area contributed by atoms with Crippen molar-refractivity contribution in [1.82, 2.24) is 0 Å². The van der Waals surface area contributed by atoms with E-state index in [0.29, 0.717) is 0 Å². The van der Waals surface area contributed by atoms with Gasteiger partial charge in [0.15, 0.2) is 0 Å². The number of fused-ring (bicyclic) bond motifs is 1. The molecule has 98 valence electrons. The Morgan fingerprint density at radius 3 is 2.78 bits per heavy atom. The average Bonchev–Trinajstić information content (AvgIpc) is 3.06. The molecule has 1 fully saturated rings. The Morgan fingerprint density at radius 2 is 2.00 bits per heavy atom.